The van der Waals surface area contributed by atoms with Gasteiger partial charge in [-0.05, 0) is 69.3 Å². The minimum absolute atomic E-state index is 0.00231. The Kier molecular flexibility index (Phi) is 7.69. The summed E-state index contributed by atoms with van der Waals surface area (Å²) in [5.41, 5.74) is 3.42. The summed E-state index contributed by atoms with van der Waals surface area (Å²) in [6.45, 7) is 9.52. The van der Waals surface area contributed by atoms with E-state index in [9.17, 15) is 9.59 Å². The highest BCUT2D eigenvalue weighted by molar-refractivity contribution is 8.00. The molecule has 1 amide bonds. The third-order valence-electron chi connectivity index (χ3n) is 5.23. The summed E-state index contributed by atoms with van der Waals surface area (Å²) in [5.74, 6) is 0.615. The van der Waals surface area contributed by atoms with Crippen LogP contribution in [0.25, 0.3) is 11.4 Å². The van der Waals surface area contributed by atoms with Crippen molar-refractivity contribution in [3.8, 4) is 11.4 Å². The minimum atomic E-state index is -0.331. The summed E-state index contributed by atoms with van der Waals surface area (Å²) in [6.07, 6.45) is 0. The number of nitrogens with one attached hydrogen (secondary N) is 1. The van der Waals surface area contributed by atoms with Crippen LogP contribution in [0.15, 0.2) is 53.7 Å². The fourth-order valence-corrected chi connectivity index (χ4v) is 4.34. The Morgan fingerprint density at radius 3 is 2.22 bits per heavy atom. The molecule has 0 aliphatic rings. The number of thioether (sulfide) groups is 1. The van der Waals surface area contributed by atoms with Crippen molar-refractivity contribution in [3.63, 3.8) is 0 Å². The van der Waals surface area contributed by atoms with Crippen molar-refractivity contribution >= 4 is 34.8 Å². The second-order valence-electron chi connectivity index (χ2n) is 7.47. The molecule has 168 valence electrons. The second kappa shape index (κ2) is 10.5. The predicted molar refractivity (Wildman–Crippen MR) is 130 cm³/mol. The zero-order chi connectivity index (χ0) is 23.3. The van der Waals surface area contributed by atoms with E-state index in [-0.39, 0.29) is 16.9 Å². The summed E-state index contributed by atoms with van der Waals surface area (Å²) in [6, 6.07) is 15.2. The molecule has 8 heteroatoms. The molecule has 7 nitrogen and oxygen atoms in total. The number of nitrogens with zero attached hydrogens (tertiary/aromatic N) is 4. The van der Waals surface area contributed by atoms with E-state index in [1.54, 1.807) is 24.3 Å². The van der Waals surface area contributed by atoms with Crippen molar-refractivity contribution < 1.29 is 9.59 Å². The highest BCUT2D eigenvalue weighted by Crippen LogP contribution is 2.28. The number of hydrogen-bond acceptors (Lipinski definition) is 6. The normalized spacial score (nSPS) is 11.8. The first-order valence-electron chi connectivity index (χ1n) is 10.7. The summed E-state index contributed by atoms with van der Waals surface area (Å²) < 4.78 is 1.92. The smallest absolute Gasteiger partial charge is 0.221 e. The van der Waals surface area contributed by atoms with Gasteiger partial charge in [-0.3, -0.25) is 9.59 Å². The van der Waals surface area contributed by atoms with E-state index in [1.165, 1.54) is 24.4 Å². The van der Waals surface area contributed by atoms with Crippen LogP contribution >= 0.6 is 11.8 Å². The molecule has 0 aliphatic heterocycles. The molecular formula is C24H29N5O2S. The highest BCUT2D eigenvalue weighted by Gasteiger charge is 2.21. The first-order chi connectivity index (χ1) is 15.3. The Morgan fingerprint density at radius 2 is 1.66 bits per heavy atom. The average Bonchev–Trinajstić information content (AvgIpc) is 3.14. The molecule has 0 spiro atoms. The van der Waals surface area contributed by atoms with Gasteiger partial charge in [-0.1, -0.05) is 11.8 Å². The van der Waals surface area contributed by atoms with Gasteiger partial charge < -0.3 is 14.8 Å². The molecule has 3 rings (SSSR count). The van der Waals surface area contributed by atoms with Gasteiger partial charge in [0, 0.05) is 49.6 Å². The van der Waals surface area contributed by atoms with Crippen LogP contribution in [-0.4, -0.2) is 44.8 Å². The maximum Gasteiger partial charge on any atom is 0.221 e. The Labute approximate surface area is 193 Å². The number of carbonyl (C=O) groups excluding carboxylic acids is 2. The summed E-state index contributed by atoms with van der Waals surface area (Å²) in [7, 11) is 1.91. The highest BCUT2D eigenvalue weighted by atomic mass is 32.2. The quantitative estimate of drug-likeness (QED) is 0.377. The van der Waals surface area contributed by atoms with Gasteiger partial charge in [-0.25, -0.2) is 0 Å². The van der Waals surface area contributed by atoms with Gasteiger partial charge in [0.25, 0.3) is 0 Å². The number of rotatable bonds is 9. The van der Waals surface area contributed by atoms with Crippen molar-refractivity contribution in [2.75, 3.05) is 23.3 Å². The molecule has 0 fully saturated rings. The largest absolute Gasteiger partial charge is 0.372 e. The molecular weight excluding hydrogens is 422 g/mol. The number of amides is 1. The topological polar surface area (TPSA) is 80.1 Å². The first kappa shape index (κ1) is 23.5. The van der Waals surface area contributed by atoms with Gasteiger partial charge in [0.05, 0.1) is 5.25 Å². The molecule has 1 aromatic heterocycles. The van der Waals surface area contributed by atoms with Crippen LogP contribution in [0.3, 0.4) is 0 Å². The van der Waals surface area contributed by atoms with Crippen molar-refractivity contribution in [3.05, 3.63) is 54.1 Å². The third kappa shape index (κ3) is 5.37. The van der Waals surface area contributed by atoms with E-state index in [0.717, 1.165) is 24.5 Å². The van der Waals surface area contributed by atoms with Gasteiger partial charge in [0.2, 0.25) is 5.91 Å². The standard InChI is InChI=1S/C24H29N5O2S/c1-6-29(7-2)21-14-10-19(11-15-21)23-26-27-24(28(23)5)32-16(3)22(31)18-8-12-20(13-9-18)25-17(4)30/h8-16H,6-7H2,1-5H3,(H,25,30). The minimum Gasteiger partial charge on any atom is -0.372 e. The van der Waals surface area contributed by atoms with E-state index in [0.29, 0.717) is 16.4 Å². The second-order valence-corrected chi connectivity index (χ2v) is 8.78. The molecule has 0 saturated heterocycles. The molecule has 1 atom stereocenters. The van der Waals surface area contributed by atoms with Crippen molar-refractivity contribution in [1.82, 2.24) is 14.8 Å². The lowest BCUT2D eigenvalue weighted by Gasteiger charge is -2.21. The van der Waals surface area contributed by atoms with E-state index in [4.69, 9.17) is 0 Å². The van der Waals surface area contributed by atoms with Crippen LogP contribution in [0.4, 0.5) is 11.4 Å². The number of Topliss-reactive ketones (excluding diaryl/α,β-unsaturated/α-hetero) is 1. The molecule has 2 aromatic carbocycles. The van der Waals surface area contributed by atoms with E-state index < -0.39 is 0 Å². The van der Waals surface area contributed by atoms with Crippen LogP contribution in [0, 0.1) is 0 Å². The monoisotopic (exact) mass is 451 g/mol. The molecule has 3 aromatic rings. The molecule has 1 unspecified atom stereocenters. The SMILES string of the molecule is CCN(CC)c1ccc(-c2nnc(SC(C)C(=O)c3ccc(NC(C)=O)cc3)n2C)cc1. The third-order valence-corrected chi connectivity index (χ3v) is 6.36. The van der Waals surface area contributed by atoms with E-state index >= 15 is 0 Å². The van der Waals surface area contributed by atoms with Crippen molar-refractivity contribution in [2.24, 2.45) is 7.05 Å². The van der Waals surface area contributed by atoms with Gasteiger partial charge >= 0.3 is 0 Å². The van der Waals surface area contributed by atoms with Crippen LogP contribution < -0.4 is 10.2 Å². The Hall–Kier alpha value is -3.13. The van der Waals surface area contributed by atoms with Gasteiger partial charge in [-0.15, -0.1) is 10.2 Å². The summed E-state index contributed by atoms with van der Waals surface area (Å²) in [4.78, 5) is 26.3. The molecule has 0 bridgehead atoms. The van der Waals surface area contributed by atoms with Crippen LogP contribution in [-0.2, 0) is 11.8 Å². The number of carbonyl (C=O) groups is 2. The van der Waals surface area contributed by atoms with Crippen molar-refractivity contribution in [2.45, 2.75) is 38.1 Å². The zero-order valence-electron chi connectivity index (χ0n) is 19.1. The Balaban J connectivity index is 1.71. The molecule has 32 heavy (non-hydrogen) atoms. The lowest BCUT2D eigenvalue weighted by molar-refractivity contribution is -0.114. The molecule has 1 N–H and O–H groups in total. The molecule has 0 saturated carbocycles. The molecule has 0 radical (unpaired) electrons. The predicted octanol–water partition coefficient (Wildman–Crippen LogP) is 4.65. The maximum absolute atomic E-state index is 12.9. The van der Waals surface area contributed by atoms with Gasteiger partial charge in [0.1, 0.15) is 0 Å². The number of anilines is 2. The number of aromatic nitrogens is 3. The fraction of sp³-hybridized carbons (Fsp3) is 0.333. The molecule has 1 heterocycles. The van der Waals surface area contributed by atoms with E-state index in [2.05, 4.69) is 58.5 Å². The summed E-state index contributed by atoms with van der Waals surface area (Å²) >= 11 is 1.38. The fourth-order valence-electron chi connectivity index (χ4n) is 3.45. The van der Waals surface area contributed by atoms with Gasteiger partial charge in [0.15, 0.2) is 16.8 Å². The number of ketones is 1. The average molecular weight is 452 g/mol. The van der Waals surface area contributed by atoms with Crippen LogP contribution in [0.5, 0.6) is 0 Å². The number of hydrogen-bond donors (Lipinski definition) is 1. The van der Waals surface area contributed by atoms with Gasteiger partial charge in [-0.2, -0.15) is 0 Å². The first-order valence-corrected chi connectivity index (χ1v) is 11.5. The Bertz CT molecular complexity index is 1070. The zero-order valence-corrected chi connectivity index (χ0v) is 19.9. The van der Waals surface area contributed by atoms with Crippen LogP contribution in [0.1, 0.15) is 38.1 Å². The lowest BCUT2D eigenvalue weighted by atomic mass is 10.1. The summed E-state index contributed by atoms with van der Waals surface area (Å²) in [5, 5.41) is 11.7. The van der Waals surface area contributed by atoms with Crippen LogP contribution in [0.2, 0.25) is 0 Å². The lowest BCUT2D eigenvalue weighted by Crippen LogP contribution is -2.21. The van der Waals surface area contributed by atoms with Crippen molar-refractivity contribution in [1.29, 1.82) is 0 Å². The Morgan fingerprint density at radius 1 is 1.03 bits per heavy atom. The molecule has 0 aliphatic carbocycles. The number of benzene rings is 2. The maximum atomic E-state index is 12.9. The van der Waals surface area contributed by atoms with E-state index in [1.807, 2.05) is 18.5 Å².